The molecule has 0 saturated carbocycles. The van der Waals surface area contributed by atoms with Crippen molar-refractivity contribution in [2.75, 3.05) is 19.0 Å². The van der Waals surface area contributed by atoms with Crippen LogP contribution in [0.25, 0.3) is 0 Å². The Morgan fingerprint density at radius 3 is 2.36 bits per heavy atom. The van der Waals surface area contributed by atoms with Gasteiger partial charge < -0.3 is 4.74 Å². The first kappa shape index (κ1) is 13.2. The second kappa shape index (κ2) is 6.65. The zero-order chi connectivity index (χ0) is 11.1. The van der Waals surface area contributed by atoms with Crippen LogP contribution in [0, 0.1) is 5.92 Å². The van der Waals surface area contributed by atoms with Crippen LogP contribution in [-0.4, -0.2) is 35.9 Å². The van der Waals surface area contributed by atoms with Gasteiger partial charge in [-0.3, -0.25) is 4.79 Å². The van der Waals surface area contributed by atoms with Crippen molar-refractivity contribution in [3.63, 3.8) is 0 Å². The van der Waals surface area contributed by atoms with E-state index in [1.807, 2.05) is 0 Å². The van der Waals surface area contributed by atoms with Crippen molar-refractivity contribution in [3.05, 3.63) is 0 Å². The number of rotatable bonds is 4. The fraction of sp³-hybridized carbons (Fsp3) is 0.778. The number of imide groups is 1. The van der Waals surface area contributed by atoms with E-state index in [0.29, 0.717) is 0 Å². The molecule has 0 N–H and O–H groups in total. The van der Waals surface area contributed by atoms with E-state index in [9.17, 15) is 9.59 Å². The molecule has 14 heavy (non-hydrogen) atoms. The summed E-state index contributed by atoms with van der Waals surface area (Å²) < 4.78 is 4.74. The molecule has 0 bridgehead atoms. The molecular weight excluding hydrogens is 206 g/mol. The van der Waals surface area contributed by atoms with Gasteiger partial charge >= 0.3 is 6.09 Å². The predicted octanol–water partition coefficient (Wildman–Crippen LogP) is 1.87. The molecule has 0 heterocycles. The van der Waals surface area contributed by atoms with Crippen LogP contribution < -0.4 is 0 Å². The summed E-state index contributed by atoms with van der Waals surface area (Å²) in [6, 6.07) is 0. The number of carbonyl (C=O) groups is 2. The number of halogens is 1. The first-order valence-electron chi connectivity index (χ1n) is 4.58. The molecule has 0 fully saturated rings. The van der Waals surface area contributed by atoms with Gasteiger partial charge in [0, 0.05) is 18.3 Å². The van der Waals surface area contributed by atoms with Gasteiger partial charge in [-0.15, -0.1) is 11.6 Å². The molecule has 0 radical (unpaired) electrons. The summed E-state index contributed by atoms with van der Waals surface area (Å²) in [5.74, 6) is -0.274. The molecule has 5 heteroatoms. The van der Waals surface area contributed by atoms with Crippen LogP contribution in [0.5, 0.6) is 0 Å². The van der Waals surface area contributed by atoms with Gasteiger partial charge in [-0.25, -0.2) is 9.69 Å². The molecule has 2 amide bonds. The Morgan fingerprint density at radius 2 is 2.00 bits per heavy atom. The van der Waals surface area contributed by atoms with Crippen LogP contribution in [0.2, 0.25) is 0 Å². The minimum absolute atomic E-state index is 0.192. The molecule has 0 atom stereocenters. The van der Waals surface area contributed by atoms with Gasteiger partial charge in [-0.2, -0.15) is 0 Å². The lowest BCUT2D eigenvalue weighted by atomic mass is 10.2. The average Bonchev–Trinajstić information content (AvgIpc) is 2.13. The lowest BCUT2D eigenvalue weighted by molar-refractivity contribution is -0.132. The Morgan fingerprint density at radius 1 is 1.43 bits per heavy atom. The van der Waals surface area contributed by atoms with Crippen molar-refractivity contribution in [1.29, 1.82) is 0 Å². The van der Waals surface area contributed by atoms with E-state index in [2.05, 4.69) is 0 Å². The maximum atomic E-state index is 11.5. The van der Waals surface area contributed by atoms with E-state index in [4.69, 9.17) is 16.3 Å². The number of ether oxygens (including phenoxy) is 1. The molecular formula is C9H16ClNO3. The van der Waals surface area contributed by atoms with Gasteiger partial charge in [0.1, 0.15) is 0 Å². The third-order valence-corrected chi connectivity index (χ3v) is 1.73. The summed E-state index contributed by atoms with van der Waals surface area (Å²) in [5, 5.41) is 0. The number of hydrogen-bond acceptors (Lipinski definition) is 3. The summed E-state index contributed by atoms with van der Waals surface area (Å²) in [6.07, 6.45) is -0.619. The van der Waals surface area contributed by atoms with Crippen LogP contribution in [0.15, 0.2) is 0 Å². The third-order valence-electron chi connectivity index (χ3n) is 1.56. The first-order chi connectivity index (χ1) is 6.54. The lowest BCUT2D eigenvalue weighted by Crippen LogP contribution is -2.41. The van der Waals surface area contributed by atoms with E-state index < -0.39 is 6.09 Å². The predicted molar refractivity (Wildman–Crippen MR) is 54.3 cm³/mol. The second-order valence-corrected chi connectivity index (χ2v) is 3.41. The van der Waals surface area contributed by atoms with E-state index in [1.165, 1.54) is 0 Å². The molecule has 0 aromatic heterocycles. The number of hydrogen-bond donors (Lipinski definition) is 0. The Balaban J connectivity index is 4.42. The van der Waals surface area contributed by atoms with E-state index in [1.54, 1.807) is 20.8 Å². The summed E-state index contributed by atoms with van der Waals surface area (Å²) in [6.45, 7) is 5.59. The Labute approximate surface area is 89.2 Å². The summed E-state index contributed by atoms with van der Waals surface area (Å²) >= 11 is 5.49. The van der Waals surface area contributed by atoms with Crippen molar-refractivity contribution in [3.8, 4) is 0 Å². The Bertz CT molecular complexity index is 206. The van der Waals surface area contributed by atoms with Gasteiger partial charge in [0.2, 0.25) is 5.91 Å². The maximum absolute atomic E-state index is 11.5. The van der Waals surface area contributed by atoms with Gasteiger partial charge in [0.05, 0.1) is 6.61 Å². The SMILES string of the molecule is CCOC(=O)N(CCCl)C(=O)C(C)C. The number of nitrogens with zero attached hydrogens (tertiary/aromatic N) is 1. The molecule has 0 saturated heterocycles. The molecule has 0 rings (SSSR count). The molecule has 4 nitrogen and oxygen atoms in total. The highest BCUT2D eigenvalue weighted by molar-refractivity contribution is 6.18. The standard InChI is InChI=1S/C9H16ClNO3/c1-4-14-9(13)11(6-5-10)8(12)7(2)3/h7H,4-6H2,1-3H3. The largest absolute Gasteiger partial charge is 0.449 e. The molecule has 0 unspecified atom stereocenters. The van der Waals surface area contributed by atoms with Crippen molar-refractivity contribution in [2.45, 2.75) is 20.8 Å². The molecule has 0 spiro atoms. The fourth-order valence-corrected chi connectivity index (χ4v) is 1.06. The molecule has 0 aromatic carbocycles. The Hall–Kier alpha value is -0.770. The minimum atomic E-state index is -0.619. The van der Waals surface area contributed by atoms with Crippen LogP contribution in [-0.2, 0) is 9.53 Å². The van der Waals surface area contributed by atoms with E-state index >= 15 is 0 Å². The zero-order valence-electron chi connectivity index (χ0n) is 8.75. The van der Waals surface area contributed by atoms with Crippen molar-refractivity contribution in [2.24, 2.45) is 5.92 Å². The van der Waals surface area contributed by atoms with Gasteiger partial charge in [0.25, 0.3) is 0 Å². The van der Waals surface area contributed by atoms with Gasteiger partial charge in [0.15, 0.2) is 0 Å². The third kappa shape index (κ3) is 3.96. The highest BCUT2D eigenvalue weighted by atomic mass is 35.5. The molecule has 0 aliphatic carbocycles. The summed E-state index contributed by atoms with van der Waals surface area (Å²) in [7, 11) is 0. The number of carbonyl (C=O) groups excluding carboxylic acids is 2. The van der Waals surface area contributed by atoms with Crippen LogP contribution in [0.4, 0.5) is 4.79 Å². The smallest absolute Gasteiger partial charge is 0.416 e. The van der Waals surface area contributed by atoms with E-state index in [0.717, 1.165) is 4.90 Å². The lowest BCUT2D eigenvalue weighted by Gasteiger charge is -2.20. The van der Waals surface area contributed by atoms with Gasteiger partial charge in [-0.1, -0.05) is 13.8 Å². The Kier molecular flexibility index (Phi) is 6.28. The van der Waals surface area contributed by atoms with E-state index in [-0.39, 0.29) is 30.9 Å². The minimum Gasteiger partial charge on any atom is -0.449 e. The van der Waals surface area contributed by atoms with Crippen molar-refractivity contribution < 1.29 is 14.3 Å². The average molecular weight is 222 g/mol. The summed E-state index contributed by atoms with van der Waals surface area (Å²) in [5.41, 5.74) is 0. The van der Waals surface area contributed by atoms with Crippen LogP contribution >= 0.6 is 11.6 Å². The van der Waals surface area contributed by atoms with Crippen molar-refractivity contribution >= 4 is 23.6 Å². The quantitative estimate of drug-likeness (QED) is 0.681. The first-order valence-corrected chi connectivity index (χ1v) is 5.12. The highest BCUT2D eigenvalue weighted by Crippen LogP contribution is 2.04. The second-order valence-electron chi connectivity index (χ2n) is 3.03. The molecule has 0 aliphatic rings. The molecule has 0 aliphatic heterocycles. The maximum Gasteiger partial charge on any atom is 0.416 e. The monoisotopic (exact) mass is 221 g/mol. The zero-order valence-corrected chi connectivity index (χ0v) is 9.50. The van der Waals surface area contributed by atoms with Gasteiger partial charge in [-0.05, 0) is 6.92 Å². The van der Waals surface area contributed by atoms with Crippen LogP contribution in [0.3, 0.4) is 0 Å². The number of amides is 2. The van der Waals surface area contributed by atoms with Crippen LogP contribution in [0.1, 0.15) is 20.8 Å². The topological polar surface area (TPSA) is 46.6 Å². The normalized spacial score (nSPS) is 10.1. The van der Waals surface area contributed by atoms with Crippen molar-refractivity contribution in [1.82, 2.24) is 4.90 Å². The molecule has 82 valence electrons. The summed E-state index contributed by atoms with van der Waals surface area (Å²) in [4.78, 5) is 23.9. The highest BCUT2D eigenvalue weighted by Gasteiger charge is 2.23. The fourth-order valence-electron chi connectivity index (χ4n) is 0.889. The molecule has 0 aromatic rings. The number of alkyl halides is 1.